The van der Waals surface area contributed by atoms with E-state index in [0.717, 1.165) is 12.8 Å². The largest absolute Gasteiger partial charge is 0.534 e. The Balaban J connectivity index is 2.49. The first-order valence-corrected chi connectivity index (χ1v) is 22.6. The van der Waals surface area contributed by atoms with Gasteiger partial charge in [-0.1, -0.05) is 166 Å². The molecule has 55 heavy (non-hydrogen) atoms. The van der Waals surface area contributed by atoms with E-state index in [1.807, 2.05) is 13.8 Å². The van der Waals surface area contributed by atoms with E-state index in [1.165, 1.54) is 166 Å². The van der Waals surface area contributed by atoms with Crippen molar-refractivity contribution in [1.29, 1.82) is 0 Å². The molecular weight excluding hydrogens is 683 g/mol. The minimum absolute atomic E-state index is 0.0461. The number of nitrogens with zero attached hydrogens (tertiary/aromatic N) is 1. The molecule has 0 aliphatic carbocycles. The van der Waals surface area contributed by atoms with E-state index in [1.54, 1.807) is 0 Å². The van der Waals surface area contributed by atoms with E-state index < -0.39 is 11.8 Å². The van der Waals surface area contributed by atoms with Gasteiger partial charge in [0.2, 0.25) is 11.8 Å². The normalized spacial score (nSPS) is 13.3. The number of hydrogen-bond acceptors (Lipinski definition) is 5. The van der Waals surface area contributed by atoms with E-state index in [9.17, 15) is 15.0 Å². The fourth-order valence-electron chi connectivity index (χ4n) is 7.78. The Kier molecular flexibility index (Phi) is 29.4. The van der Waals surface area contributed by atoms with Gasteiger partial charge in [-0.15, -0.1) is 4.73 Å². The summed E-state index contributed by atoms with van der Waals surface area (Å²) in [5, 5.41) is 19.7. The van der Waals surface area contributed by atoms with Crippen molar-refractivity contribution < 1.29 is 24.6 Å². The fraction of sp³-hybridized carbons (Fsp3) is 0.735. The first-order chi connectivity index (χ1) is 26.5. The number of aromatic nitrogens is 1. The predicted octanol–water partition coefficient (Wildman–Crippen LogP) is 15.7. The number of carbonyl (C=O) groups excluding carboxylic acids is 1. The Morgan fingerprint density at radius 2 is 0.945 bits per heavy atom. The Hall–Kier alpha value is -2.89. The maximum Gasteiger partial charge on any atom is 0.534 e. The second kappa shape index (κ2) is 32.2. The highest BCUT2D eigenvalue weighted by Gasteiger charge is 2.37. The first kappa shape index (κ1) is 50.1. The number of hydrogen-bond donors (Lipinski definition) is 2. The number of allylic oxidation sites excluding steroid dienone is 8. The molecule has 1 aromatic heterocycles. The van der Waals surface area contributed by atoms with Gasteiger partial charge < -0.3 is 14.9 Å². The predicted molar refractivity (Wildman–Crippen MR) is 235 cm³/mol. The van der Waals surface area contributed by atoms with Crippen LogP contribution < -0.4 is 4.84 Å². The van der Waals surface area contributed by atoms with Crippen LogP contribution in [0, 0.1) is 11.3 Å². The van der Waals surface area contributed by atoms with Crippen LogP contribution in [0.25, 0.3) is 0 Å². The summed E-state index contributed by atoms with van der Waals surface area (Å²) in [7, 11) is 0. The van der Waals surface area contributed by atoms with Gasteiger partial charge in [-0.3, -0.25) is 4.84 Å². The Morgan fingerprint density at radius 1 is 0.582 bits per heavy atom. The van der Waals surface area contributed by atoms with Gasteiger partial charge >= 0.3 is 6.16 Å². The smallest absolute Gasteiger partial charge is 0.492 e. The van der Waals surface area contributed by atoms with E-state index in [4.69, 9.17) is 9.57 Å². The maximum absolute atomic E-state index is 12.7. The molecule has 316 valence electrons. The van der Waals surface area contributed by atoms with E-state index in [2.05, 4.69) is 76.3 Å². The molecule has 0 unspecified atom stereocenters. The molecule has 2 N–H and O–H groups in total. The highest BCUT2D eigenvalue weighted by atomic mass is 16.8. The van der Waals surface area contributed by atoms with Crippen LogP contribution in [-0.2, 0) is 4.74 Å². The summed E-state index contributed by atoms with van der Waals surface area (Å²) in [5.74, 6) is -0.205. The zero-order chi connectivity index (χ0) is 40.5. The molecule has 0 fully saturated rings. The topological polar surface area (TPSA) is 80.9 Å². The van der Waals surface area contributed by atoms with Gasteiger partial charge in [-0.05, 0) is 109 Å². The molecule has 6 heteroatoms. The van der Waals surface area contributed by atoms with Crippen LogP contribution in [0.2, 0.25) is 0 Å². The van der Waals surface area contributed by atoms with Crippen LogP contribution in [0.4, 0.5) is 4.79 Å². The molecule has 0 radical (unpaired) electrons. The summed E-state index contributed by atoms with van der Waals surface area (Å²) in [6.45, 7) is 13.0. The van der Waals surface area contributed by atoms with Crippen LogP contribution in [0.1, 0.15) is 215 Å². The van der Waals surface area contributed by atoms with Gasteiger partial charge in [0.25, 0.3) is 0 Å². The summed E-state index contributed by atoms with van der Waals surface area (Å²) in [5.41, 5.74) is -0.828. The molecule has 0 aliphatic rings. The van der Waals surface area contributed by atoms with Crippen LogP contribution in [0.3, 0.4) is 0 Å². The molecule has 0 spiro atoms. The highest BCUT2D eigenvalue weighted by molar-refractivity contribution is 5.61. The zero-order valence-electron chi connectivity index (χ0n) is 36.5. The summed E-state index contributed by atoms with van der Waals surface area (Å²) >= 11 is 0. The number of aromatic hydroxyl groups is 2. The van der Waals surface area contributed by atoms with Crippen molar-refractivity contribution >= 4 is 6.16 Å². The average Bonchev–Trinajstić information content (AvgIpc) is 3.44. The van der Waals surface area contributed by atoms with Gasteiger partial charge in [0.1, 0.15) is 5.60 Å². The maximum atomic E-state index is 12.7. The molecule has 6 nitrogen and oxygen atoms in total. The van der Waals surface area contributed by atoms with E-state index in [-0.39, 0.29) is 17.2 Å². The Labute approximate surface area is 338 Å². The Morgan fingerprint density at radius 3 is 1.35 bits per heavy atom. The van der Waals surface area contributed by atoms with Crippen LogP contribution in [0.15, 0.2) is 60.7 Å². The molecule has 0 bridgehead atoms. The van der Waals surface area contributed by atoms with Crippen molar-refractivity contribution in [3.63, 3.8) is 0 Å². The summed E-state index contributed by atoms with van der Waals surface area (Å²) in [4.78, 5) is 17.8. The van der Waals surface area contributed by atoms with Gasteiger partial charge in [0.15, 0.2) is 0 Å². The highest BCUT2D eigenvalue weighted by Crippen LogP contribution is 2.42. The number of unbranched alkanes of at least 4 members (excludes halogenated alkanes) is 18. The van der Waals surface area contributed by atoms with Gasteiger partial charge in [-0.2, -0.15) is 0 Å². The molecule has 0 saturated heterocycles. The SMILES string of the molecule is CCCCCC=CCC=CCCCCCCCCC(CCCCCCCCC=CCC=CCCCCC)C(C)(C)CC(C)(C)OC(=O)On1c(O)ccc1O. The van der Waals surface area contributed by atoms with Crippen molar-refractivity contribution in [2.45, 2.75) is 221 Å². The lowest BCUT2D eigenvalue weighted by Gasteiger charge is -2.40. The molecule has 0 aliphatic heterocycles. The first-order valence-electron chi connectivity index (χ1n) is 22.6. The van der Waals surface area contributed by atoms with Crippen molar-refractivity contribution in [2.24, 2.45) is 11.3 Å². The summed E-state index contributed by atoms with van der Waals surface area (Å²) < 4.78 is 6.43. The average molecular weight is 768 g/mol. The zero-order valence-corrected chi connectivity index (χ0v) is 36.5. The number of ether oxygens (including phenoxy) is 1. The molecular formula is C49H85NO5. The molecule has 0 atom stereocenters. The van der Waals surface area contributed by atoms with Crippen LogP contribution in [0.5, 0.6) is 11.8 Å². The lowest BCUT2D eigenvalue weighted by atomic mass is 9.68. The van der Waals surface area contributed by atoms with Crippen molar-refractivity contribution in [2.75, 3.05) is 0 Å². The van der Waals surface area contributed by atoms with Crippen LogP contribution in [-0.4, -0.2) is 26.7 Å². The second-order valence-corrected chi connectivity index (χ2v) is 17.2. The van der Waals surface area contributed by atoms with E-state index >= 15 is 0 Å². The van der Waals surface area contributed by atoms with Crippen molar-refractivity contribution in [3.8, 4) is 11.8 Å². The third-order valence-electron chi connectivity index (χ3n) is 10.8. The van der Waals surface area contributed by atoms with Gasteiger partial charge in [-0.25, -0.2) is 4.79 Å². The van der Waals surface area contributed by atoms with Gasteiger partial charge in [0, 0.05) is 12.1 Å². The molecule has 1 heterocycles. The molecule has 0 amide bonds. The molecule has 1 rings (SSSR count). The monoisotopic (exact) mass is 768 g/mol. The number of rotatable bonds is 35. The molecule has 1 aromatic rings. The van der Waals surface area contributed by atoms with Crippen molar-refractivity contribution in [3.05, 3.63) is 60.7 Å². The summed E-state index contributed by atoms with van der Waals surface area (Å²) in [6.07, 6.45) is 50.9. The third-order valence-corrected chi connectivity index (χ3v) is 10.8. The van der Waals surface area contributed by atoms with E-state index in [0.29, 0.717) is 17.1 Å². The second-order valence-electron chi connectivity index (χ2n) is 17.2. The molecule has 0 aromatic carbocycles. The minimum atomic E-state index is -0.950. The standard InChI is InChI=1S/C49H85NO5/c1-7-9-11-13-15-17-19-21-23-25-27-29-31-33-35-37-39-44(40-38-36-34-32-30-28-26-24-22-20-18-16-14-12-10-8-2)48(3,4)43-49(5,6)54-47(53)55-50-45(51)41-42-46(50)52/h15-18,21-24,41-42,44,51-52H,7-14,19-20,25-40,43H2,1-6H3. The quantitative estimate of drug-likeness (QED) is 0.0408. The fourth-order valence-corrected chi connectivity index (χ4v) is 7.78. The molecule has 0 saturated carbocycles. The summed E-state index contributed by atoms with van der Waals surface area (Å²) in [6, 6.07) is 2.51. The minimum Gasteiger partial charge on any atom is -0.492 e. The van der Waals surface area contributed by atoms with Crippen molar-refractivity contribution in [1.82, 2.24) is 4.73 Å². The number of carbonyl (C=O) groups is 1. The lowest BCUT2D eigenvalue weighted by molar-refractivity contribution is -0.0518. The third kappa shape index (κ3) is 27.4. The van der Waals surface area contributed by atoms with Gasteiger partial charge in [0.05, 0.1) is 0 Å². The van der Waals surface area contributed by atoms with Crippen LogP contribution >= 0.6 is 0 Å². The Bertz CT molecular complexity index is 1120. The lowest BCUT2D eigenvalue weighted by Crippen LogP contribution is -2.39.